The highest BCUT2D eigenvalue weighted by atomic mass is 32.2. The number of nitrogens with zero attached hydrogens (tertiary/aromatic N) is 13. The lowest BCUT2D eigenvalue weighted by Gasteiger charge is -2.15. The Bertz CT molecular complexity index is 3240. The highest BCUT2D eigenvalue weighted by Gasteiger charge is 2.28. The van der Waals surface area contributed by atoms with Crippen molar-refractivity contribution >= 4 is 151 Å². The van der Waals surface area contributed by atoms with Gasteiger partial charge in [0.2, 0.25) is 17.8 Å². The number of rotatable bonds is 22. The van der Waals surface area contributed by atoms with E-state index in [0.29, 0.717) is 36.3 Å². The zero-order chi connectivity index (χ0) is 52.5. The summed E-state index contributed by atoms with van der Waals surface area (Å²) in [4.78, 5) is 25.9. The van der Waals surface area contributed by atoms with Crippen LogP contribution in [0.5, 0.6) is 0 Å². The fraction of sp³-hybridized carbons (Fsp3) is 0.138. The van der Waals surface area contributed by atoms with Crippen LogP contribution in [0.15, 0.2) is 74.6 Å². The molecule has 16 N–H and O–H groups in total. The van der Waals surface area contributed by atoms with E-state index in [1.165, 1.54) is 0 Å². The average Bonchev–Trinajstić information content (AvgIpc) is 3.26. The number of nitrogens with one attached hydrogen (secondary N) is 3. The van der Waals surface area contributed by atoms with E-state index in [0.717, 1.165) is 23.5 Å². The predicted molar refractivity (Wildman–Crippen MR) is 248 cm³/mol. The predicted octanol–water partition coefficient (Wildman–Crippen LogP) is 3.15. The molecule has 3 aromatic heterocycles. The molecule has 3 heterocycles. The van der Waals surface area contributed by atoms with Crippen molar-refractivity contribution < 1.29 is 66.5 Å². The molecule has 0 amide bonds. The van der Waals surface area contributed by atoms with Gasteiger partial charge in [-0.25, -0.2) is 31.8 Å². The fourth-order valence-corrected chi connectivity index (χ4v) is 8.90. The van der Waals surface area contributed by atoms with E-state index in [2.05, 4.69) is 85.5 Å². The maximum absolute atomic E-state index is 12.8. The molecule has 0 aliphatic rings. The molecule has 0 aliphatic heterocycles. The number of hydrogen-bond donors (Lipinski definition) is 12. The maximum atomic E-state index is 12.8. The molecule has 5 aromatic rings. The van der Waals surface area contributed by atoms with Crippen LogP contribution in [0.1, 0.15) is 0 Å². The summed E-state index contributed by atoms with van der Waals surface area (Å²) >= 11 is 2.23. The van der Waals surface area contributed by atoms with Crippen LogP contribution in [-0.4, -0.2) is 116 Å². The van der Waals surface area contributed by atoms with Crippen LogP contribution in [0.4, 0.5) is 75.2 Å². The Morgan fingerprint density at radius 2 is 1.04 bits per heavy atom. The molecule has 0 radical (unpaired) electrons. The van der Waals surface area contributed by atoms with Crippen molar-refractivity contribution in [3.05, 3.63) is 35.7 Å². The third kappa shape index (κ3) is 14.7. The number of anilines is 9. The summed E-state index contributed by atoms with van der Waals surface area (Å²) in [6.07, 6.45) is 0. The van der Waals surface area contributed by atoms with Gasteiger partial charge < -0.3 is 43.7 Å². The zero-order valence-corrected chi connectivity index (χ0v) is 40.2. The van der Waals surface area contributed by atoms with Gasteiger partial charge in [-0.15, -0.1) is 24.8 Å². The molecule has 0 spiro atoms. The minimum absolute atomic E-state index is 0.0453. The third-order valence-electron chi connectivity index (χ3n) is 7.78. The van der Waals surface area contributed by atoms with E-state index < -0.39 is 135 Å². The minimum Gasteiger partial charge on any atom is -0.382 e. The summed E-state index contributed by atoms with van der Waals surface area (Å²) in [6.45, 7) is 6.73. The molecule has 35 nitrogen and oxygen atoms in total. The van der Waals surface area contributed by atoms with Gasteiger partial charge in [0.1, 0.15) is 31.0 Å². The molecule has 2 aromatic carbocycles. The first-order chi connectivity index (χ1) is 33.2. The number of benzene rings is 2. The van der Waals surface area contributed by atoms with E-state index in [9.17, 15) is 51.9 Å². The van der Waals surface area contributed by atoms with Crippen molar-refractivity contribution in [3.8, 4) is 6.07 Å². The molecule has 376 valence electrons. The van der Waals surface area contributed by atoms with Crippen molar-refractivity contribution in [2.75, 3.05) is 62.8 Å². The van der Waals surface area contributed by atoms with Crippen molar-refractivity contribution in [2.24, 2.45) is 20.5 Å². The van der Waals surface area contributed by atoms with Gasteiger partial charge in [-0.2, -0.15) is 53.9 Å². The van der Waals surface area contributed by atoms with Crippen LogP contribution in [0.2, 0.25) is 0 Å². The van der Waals surface area contributed by atoms with Gasteiger partial charge in [-0.1, -0.05) is 16.8 Å². The normalized spacial score (nSPS) is 12.2. The fourth-order valence-electron chi connectivity index (χ4n) is 5.02. The molecular formula is C29H28N20O15S7. The molecule has 42 heteroatoms. The molecule has 5 rings (SSSR count). The Hall–Kier alpha value is -7.04. The quantitative estimate of drug-likeness (QED) is 0.00545. The van der Waals surface area contributed by atoms with E-state index in [1.54, 1.807) is 0 Å². The van der Waals surface area contributed by atoms with Gasteiger partial charge in [-0.05, 0) is 36.0 Å². The molecule has 0 saturated heterocycles. The molecule has 0 atom stereocenters. The Morgan fingerprint density at radius 1 is 0.634 bits per heavy atom. The van der Waals surface area contributed by atoms with Gasteiger partial charge in [0.25, 0.3) is 46.3 Å². The Labute approximate surface area is 410 Å². The van der Waals surface area contributed by atoms with Gasteiger partial charge in [0.15, 0.2) is 45.0 Å². The number of azo groups is 2. The zero-order valence-electron chi connectivity index (χ0n) is 34.4. The van der Waals surface area contributed by atoms with E-state index in [-0.39, 0.29) is 34.2 Å². The number of aromatic nitrogens is 7. The molecular weight excluding hydrogens is 1090 g/mol. The van der Waals surface area contributed by atoms with Crippen LogP contribution in [0.25, 0.3) is 4.85 Å². The topological polar surface area (TPSA) is 564 Å². The van der Waals surface area contributed by atoms with Gasteiger partial charge in [-0.3, -0.25) is 18.2 Å². The van der Waals surface area contributed by atoms with Crippen LogP contribution in [0.3, 0.4) is 0 Å². The van der Waals surface area contributed by atoms with Crippen molar-refractivity contribution in [1.82, 2.24) is 34.9 Å². The first-order valence-corrected chi connectivity index (χ1v) is 26.4. The second kappa shape index (κ2) is 22.8. The average molecular weight is 1120 g/mol. The van der Waals surface area contributed by atoms with Crippen LogP contribution >= 0.6 is 35.6 Å². The largest absolute Gasteiger partial charge is 0.382 e. The second-order valence-electron chi connectivity index (χ2n) is 12.5. The van der Waals surface area contributed by atoms with Gasteiger partial charge in [0.05, 0.1) is 23.2 Å². The molecule has 0 aliphatic carbocycles. The van der Waals surface area contributed by atoms with Crippen LogP contribution in [-0.2, 0) is 49.8 Å². The second-order valence-corrected chi connectivity index (χ2v) is 20.7. The lowest BCUT2D eigenvalue weighted by Crippen LogP contribution is -2.14. The van der Waals surface area contributed by atoms with E-state index in [1.807, 2.05) is 6.07 Å². The summed E-state index contributed by atoms with van der Waals surface area (Å²) in [7, 11) is -21.7. The molecule has 0 bridgehead atoms. The summed E-state index contributed by atoms with van der Waals surface area (Å²) in [5, 5.41) is 42.5. The first kappa shape index (κ1) is 54.9. The van der Waals surface area contributed by atoms with Gasteiger partial charge >= 0.3 is 0 Å². The number of hydrogen-bond acceptors (Lipinski definition) is 33. The molecule has 71 heavy (non-hydrogen) atoms. The minimum atomic E-state index is -5.44. The number of nitrogen functional groups attached to an aromatic ring is 4. The van der Waals surface area contributed by atoms with Gasteiger partial charge in [0, 0.05) is 24.3 Å². The Morgan fingerprint density at radius 3 is 1.42 bits per heavy atom. The molecule has 0 saturated carbocycles. The number of thioether (sulfide) groups is 2. The monoisotopic (exact) mass is 1120 g/mol. The lowest BCUT2D eigenvalue weighted by molar-refractivity contribution is -0.432. The van der Waals surface area contributed by atoms with Crippen molar-refractivity contribution in [3.63, 3.8) is 0 Å². The smallest absolute Gasteiger partial charge is 0.296 e. The maximum Gasteiger partial charge on any atom is 0.296 e. The third-order valence-corrected chi connectivity index (χ3v) is 13.3. The van der Waals surface area contributed by atoms with E-state index >= 15 is 0 Å². The highest BCUT2D eigenvalue weighted by molar-refractivity contribution is 7.99. The Balaban J connectivity index is 1.65. The van der Waals surface area contributed by atoms with Crippen LogP contribution in [0, 0.1) is 17.9 Å². The van der Waals surface area contributed by atoms with E-state index in [4.69, 9.17) is 40.0 Å². The Kier molecular flexibility index (Phi) is 17.6. The highest BCUT2D eigenvalue weighted by Crippen LogP contribution is 2.40. The summed E-state index contributed by atoms with van der Waals surface area (Å²) in [6, 6.07) is 3.49. The summed E-state index contributed by atoms with van der Waals surface area (Å²) in [5.41, 5.74) is 18.8. The first-order valence-electron chi connectivity index (χ1n) is 17.8. The standard InChI is InChI=1S/C29H28N20O15S7/c1-35-10-66-29-41-23(33)20(24(34)42-29)49-47-14-9-16(69(54,55)56)12(7-18(14)71(60,61)62)38-27-44-25(36-3-5-67-64-63-50)43-26(45-27)37-11-6-17(70(57,58)59)13(8-15(11)68(51,52)53)46-48-19-21(31)39-28(40-22(19)32)65-4-2-30/h6-9,50H,3-5,10H2,(H,51,52,53)(H,54,55,56)(H,57,58,59)(H,60,61,62)(H4,31,32,39,40)(H4,33,34,41,42)(H3,36,37,38,43,44,45)/b48-46+,49-47+. The SMILES string of the molecule is [C-]#[N+]CSc1nc(N)c(/N=N/c2cc(S(=O)(=O)O)c(Nc3nc(NCCSOOO)nc(Nc4cc(S(=O)(=O)O)c(/N=N/c5c(N)nc(SCC#N)nc5N)cc4S(=O)(=O)O)n3)cc2S(=O)(=O)O)c(N)n1. The molecule has 0 fully saturated rings. The number of nitriles is 1. The number of nitrogens with two attached hydrogens (primary N) is 4. The van der Waals surface area contributed by atoms with Crippen LogP contribution < -0.4 is 38.9 Å². The van der Waals surface area contributed by atoms with Crippen molar-refractivity contribution in [2.45, 2.75) is 29.9 Å². The van der Waals surface area contributed by atoms with Crippen molar-refractivity contribution in [1.29, 1.82) is 5.26 Å². The molecule has 0 unspecified atom stereocenters. The lowest BCUT2D eigenvalue weighted by atomic mass is 10.3. The summed E-state index contributed by atoms with van der Waals surface area (Å²) < 4.78 is 147. The summed E-state index contributed by atoms with van der Waals surface area (Å²) in [5.74, 6) is -4.14.